The smallest absolute Gasteiger partial charge is 0.266 e. The van der Waals surface area contributed by atoms with Gasteiger partial charge in [0.15, 0.2) is 0 Å². The molecule has 0 spiro atoms. The third kappa shape index (κ3) is 4.82. The van der Waals surface area contributed by atoms with Crippen LogP contribution in [0.5, 0.6) is 0 Å². The van der Waals surface area contributed by atoms with Gasteiger partial charge in [-0.2, -0.15) is 4.36 Å². The second-order valence-corrected chi connectivity index (χ2v) is 8.37. The molecular weight excluding hydrogens is 380 g/mol. The van der Waals surface area contributed by atoms with E-state index in [-0.39, 0.29) is 5.56 Å². The Bertz CT molecular complexity index is 1170. The molecule has 1 aromatic heterocycles. The van der Waals surface area contributed by atoms with Crippen molar-refractivity contribution >= 4 is 27.2 Å². The van der Waals surface area contributed by atoms with Crippen molar-refractivity contribution in [2.75, 3.05) is 6.26 Å². The summed E-state index contributed by atoms with van der Waals surface area (Å²) in [6, 6.07) is 17.5. The van der Waals surface area contributed by atoms with Crippen LogP contribution in [0.25, 0.3) is 0 Å². The normalized spacial score (nSPS) is 12.4. The van der Waals surface area contributed by atoms with Gasteiger partial charge < -0.3 is 0 Å². The van der Waals surface area contributed by atoms with E-state index in [1.807, 2.05) is 18.2 Å². The number of hydrogen-bond acceptors (Lipinski definition) is 3. The van der Waals surface area contributed by atoms with Gasteiger partial charge >= 0.3 is 0 Å². The van der Waals surface area contributed by atoms with Crippen LogP contribution in [-0.4, -0.2) is 21.4 Å². The molecule has 1 atom stereocenters. The average molecular weight is 395 g/mol. The topological polar surface area (TPSA) is 59.4 Å². The monoisotopic (exact) mass is 394 g/mol. The van der Waals surface area contributed by atoms with Crippen LogP contribution >= 0.6 is 11.6 Å². The molecule has 0 aliphatic heterocycles. The number of rotatable bonds is 2. The zero-order chi connectivity index (χ0) is 19.3. The molecule has 27 heavy (non-hydrogen) atoms. The molecule has 0 radical (unpaired) electrons. The summed E-state index contributed by atoms with van der Waals surface area (Å²) in [7, 11) is -2.84. The van der Waals surface area contributed by atoms with E-state index in [9.17, 15) is 9.00 Å². The number of carbonyl (C=O) groups excluding carboxylic acids is 1. The number of benzene rings is 2. The molecule has 0 bridgehead atoms. The number of amides is 1. The summed E-state index contributed by atoms with van der Waals surface area (Å²) in [6.45, 7) is 0. The zero-order valence-corrected chi connectivity index (χ0v) is 16.0. The summed E-state index contributed by atoms with van der Waals surface area (Å²) < 4.78 is 16.7. The first kappa shape index (κ1) is 18.8. The number of hydrogen-bond donors (Lipinski definition) is 0. The van der Waals surface area contributed by atoms with E-state index >= 15 is 0 Å². The number of pyridine rings is 1. The van der Waals surface area contributed by atoms with Crippen LogP contribution in [0.4, 0.5) is 0 Å². The molecule has 3 aromatic rings. The van der Waals surface area contributed by atoms with Crippen molar-refractivity contribution in [1.82, 2.24) is 4.98 Å². The molecule has 0 saturated heterocycles. The Hall–Kier alpha value is -2.94. The predicted octanol–water partition coefficient (Wildman–Crippen LogP) is 4.43. The standard InChI is InChI=1S/C21H15ClN2O2S/c1-27(26,19-8-3-2-4-9-19)24-21(25)18-13-16(14-23-15-18)11-12-17-7-5-6-10-20(17)22/h2-10,13-15H,1H3. The Morgan fingerprint density at radius 1 is 1.04 bits per heavy atom. The molecule has 1 amide bonds. The van der Waals surface area contributed by atoms with E-state index in [2.05, 4.69) is 21.2 Å². The van der Waals surface area contributed by atoms with Crippen molar-refractivity contribution in [1.29, 1.82) is 0 Å². The summed E-state index contributed by atoms with van der Waals surface area (Å²) in [4.78, 5) is 17.0. The second-order valence-electron chi connectivity index (χ2n) is 5.70. The highest BCUT2D eigenvalue weighted by molar-refractivity contribution is 7.93. The van der Waals surface area contributed by atoms with Crippen molar-refractivity contribution in [2.24, 2.45) is 4.36 Å². The van der Waals surface area contributed by atoms with E-state index in [0.29, 0.717) is 21.0 Å². The van der Waals surface area contributed by atoms with Gasteiger partial charge in [0.05, 0.1) is 20.3 Å². The highest BCUT2D eigenvalue weighted by Gasteiger charge is 2.11. The van der Waals surface area contributed by atoms with Gasteiger partial charge in [-0.05, 0) is 30.3 Å². The van der Waals surface area contributed by atoms with Gasteiger partial charge in [0.25, 0.3) is 5.91 Å². The fourth-order valence-electron chi connectivity index (χ4n) is 2.26. The Morgan fingerprint density at radius 2 is 1.74 bits per heavy atom. The molecule has 0 saturated carbocycles. The Morgan fingerprint density at radius 3 is 2.48 bits per heavy atom. The molecule has 1 heterocycles. The summed E-state index contributed by atoms with van der Waals surface area (Å²) in [6.07, 6.45) is 4.36. The quantitative estimate of drug-likeness (QED) is 0.604. The third-order valence-electron chi connectivity index (χ3n) is 3.64. The van der Waals surface area contributed by atoms with Crippen molar-refractivity contribution in [3.63, 3.8) is 0 Å². The molecule has 1 unspecified atom stereocenters. The Balaban J connectivity index is 1.90. The van der Waals surface area contributed by atoms with E-state index < -0.39 is 15.6 Å². The maximum absolute atomic E-state index is 12.8. The van der Waals surface area contributed by atoms with E-state index in [1.54, 1.807) is 48.7 Å². The molecule has 0 aliphatic carbocycles. The average Bonchev–Trinajstić information content (AvgIpc) is 2.68. The highest BCUT2D eigenvalue weighted by atomic mass is 35.5. The Labute approximate surface area is 163 Å². The molecule has 0 aliphatic rings. The lowest BCUT2D eigenvalue weighted by Crippen LogP contribution is -2.04. The van der Waals surface area contributed by atoms with Gasteiger partial charge in [-0.15, -0.1) is 0 Å². The molecular formula is C21H15ClN2O2S. The van der Waals surface area contributed by atoms with Crippen LogP contribution in [0.2, 0.25) is 5.02 Å². The van der Waals surface area contributed by atoms with Crippen LogP contribution < -0.4 is 0 Å². The van der Waals surface area contributed by atoms with Crippen LogP contribution in [0.1, 0.15) is 21.5 Å². The summed E-state index contributed by atoms with van der Waals surface area (Å²) in [5.74, 6) is 5.28. The van der Waals surface area contributed by atoms with Crippen LogP contribution in [0.15, 0.2) is 82.3 Å². The minimum absolute atomic E-state index is 0.228. The van der Waals surface area contributed by atoms with E-state index in [1.165, 1.54) is 12.5 Å². The third-order valence-corrected chi connectivity index (χ3v) is 5.63. The fourth-order valence-corrected chi connectivity index (χ4v) is 3.64. The van der Waals surface area contributed by atoms with Gasteiger partial charge in [-0.1, -0.05) is 53.8 Å². The number of halogens is 1. The number of aromatic nitrogens is 1. The van der Waals surface area contributed by atoms with Gasteiger partial charge in [-0.25, -0.2) is 4.21 Å². The summed E-state index contributed by atoms with van der Waals surface area (Å²) in [5, 5.41) is 0.550. The van der Waals surface area contributed by atoms with Crippen molar-refractivity contribution in [3.05, 3.63) is 94.8 Å². The minimum Gasteiger partial charge on any atom is -0.266 e. The number of carbonyl (C=O) groups is 1. The van der Waals surface area contributed by atoms with Crippen LogP contribution in [-0.2, 0) is 9.73 Å². The lowest BCUT2D eigenvalue weighted by molar-refractivity contribution is 0.100. The van der Waals surface area contributed by atoms with E-state index in [0.717, 1.165) is 0 Å². The summed E-state index contributed by atoms with van der Waals surface area (Å²) >= 11 is 6.08. The van der Waals surface area contributed by atoms with Crippen LogP contribution in [0.3, 0.4) is 0 Å². The van der Waals surface area contributed by atoms with Crippen molar-refractivity contribution in [2.45, 2.75) is 4.90 Å². The van der Waals surface area contributed by atoms with Gasteiger partial charge in [0.2, 0.25) is 0 Å². The fraction of sp³-hybridized carbons (Fsp3) is 0.0476. The van der Waals surface area contributed by atoms with Crippen LogP contribution in [0, 0.1) is 11.8 Å². The SMILES string of the molecule is CS(=O)(=NC(=O)c1cncc(C#Cc2ccccc2Cl)c1)c1ccccc1. The molecule has 134 valence electrons. The molecule has 6 heteroatoms. The van der Waals surface area contributed by atoms with Gasteiger partial charge in [0, 0.05) is 34.7 Å². The van der Waals surface area contributed by atoms with Gasteiger partial charge in [-0.3, -0.25) is 9.78 Å². The molecule has 0 N–H and O–H groups in total. The second kappa shape index (κ2) is 8.17. The largest absolute Gasteiger partial charge is 0.286 e. The van der Waals surface area contributed by atoms with Gasteiger partial charge in [0.1, 0.15) is 0 Å². The first-order valence-electron chi connectivity index (χ1n) is 7.99. The lowest BCUT2D eigenvalue weighted by Gasteiger charge is -2.03. The van der Waals surface area contributed by atoms with E-state index in [4.69, 9.17) is 11.6 Å². The van der Waals surface area contributed by atoms with Crippen molar-refractivity contribution < 1.29 is 9.00 Å². The predicted molar refractivity (Wildman–Crippen MR) is 107 cm³/mol. The summed E-state index contributed by atoms with van der Waals surface area (Å²) in [5.41, 5.74) is 1.45. The molecule has 4 nitrogen and oxygen atoms in total. The Kier molecular flexibility index (Phi) is 5.70. The minimum atomic E-state index is -2.84. The molecule has 2 aromatic carbocycles. The highest BCUT2D eigenvalue weighted by Crippen LogP contribution is 2.15. The van der Waals surface area contributed by atoms with Crippen molar-refractivity contribution in [3.8, 4) is 11.8 Å². The first-order valence-corrected chi connectivity index (χ1v) is 10.3. The maximum Gasteiger partial charge on any atom is 0.286 e. The maximum atomic E-state index is 12.8. The first-order chi connectivity index (χ1) is 13.0. The lowest BCUT2D eigenvalue weighted by atomic mass is 10.1. The molecule has 3 rings (SSSR count). The number of nitrogens with zero attached hydrogens (tertiary/aromatic N) is 2. The zero-order valence-electron chi connectivity index (χ0n) is 14.4. The molecule has 0 fully saturated rings.